The van der Waals surface area contributed by atoms with Crippen LogP contribution in [0.3, 0.4) is 0 Å². The summed E-state index contributed by atoms with van der Waals surface area (Å²) in [6.07, 6.45) is 4.51. The highest BCUT2D eigenvalue weighted by Gasteiger charge is 2.46. The van der Waals surface area contributed by atoms with Crippen LogP contribution in [-0.2, 0) is 9.53 Å². The number of carbonyl (C=O) groups is 2. The number of likely N-dealkylation sites (tertiary alicyclic amines) is 1. The first-order chi connectivity index (χ1) is 9.23. The number of ketones is 1. The molecule has 1 aliphatic heterocycles. The summed E-state index contributed by atoms with van der Waals surface area (Å²) in [5, 5.41) is 0. The number of nitrogens with zero attached hydrogens (tertiary/aromatic N) is 1. The number of piperidine rings is 1. The lowest BCUT2D eigenvalue weighted by atomic mass is 9.62. The first-order valence-electron chi connectivity index (χ1n) is 7.74. The molecule has 1 heterocycles. The van der Waals surface area contributed by atoms with Gasteiger partial charge in [0.15, 0.2) is 0 Å². The van der Waals surface area contributed by atoms with Gasteiger partial charge in [0.25, 0.3) is 0 Å². The second-order valence-electron chi connectivity index (χ2n) is 7.41. The summed E-state index contributed by atoms with van der Waals surface area (Å²) in [4.78, 5) is 26.1. The van der Waals surface area contributed by atoms with E-state index in [2.05, 4.69) is 0 Å². The molecule has 4 heteroatoms. The number of carbonyl (C=O) groups excluding carboxylic acids is 2. The molecule has 0 aromatic heterocycles. The van der Waals surface area contributed by atoms with Crippen LogP contribution in [0, 0.1) is 11.3 Å². The summed E-state index contributed by atoms with van der Waals surface area (Å²) >= 11 is 0. The Balaban J connectivity index is 2.08. The minimum Gasteiger partial charge on any atom is -0.444 e. The Bertz CT molecular complexity index is 395. The quantitative estimate of drug-likeness (QED) is 0.683. The maximum atomic E-state index is 12.2. The first kappa shape index (κ1) is 15.3. The second kappa shape index (κ2) is 5.38. The van der Waals surface area contributed by atoms with E-state index in [0.29, 0.717) is 18.7 Å². The molecule has 114 valence electrons. The van der Waals surface area contributed by atoms with Crippen LogP contribution in [0.15, 0.2) is 0 Å². The number of rotatable bonds is 0. The Kier molecular flexibility index (Phi) is 4.12. The molecule has 1 saturated carbocycles. The van der Waals surface area contributed by atoms with E-state index < -0.39 is 5.60 Å². The Labute approximate surface area is 121 Å². The highest BCUT2D eigenvalue weighted by Crippen LogP contribution is 2.45. The van der Waals surface area contributed by atoms with E-state index in [-0.39, 0.29) is 17.4 Å². The normalized spacial score (nSPS) is 31.5. The van der Waals surface area contributed by atoms with Gasteiger partial charge >= 0.3 is 6.09 Å². The summed E-state index contributed by atoms with van der Waals surface area (Å²) in [6.45, 7) is 9.12. The van der Waals surface area contributed by atoms with E-state index in [1.807, 2.05) is 32.6 Å². The summed E-state index contributed by atoms with van der Waals surface area (Å²) in [6, 6.07) is 0. The Morgan fingerprint density at radius 3 is 2.60 bits per heavy atom. The van der Waals surface area contributed by atoms with Gasteiger partial charge in [-0.3, -0.25) is 4.79 Å². The maximum absolute atomic E-state index is 12.2. The topological polar surface area (TPSA) is 46.6 Å². The van der Waals surface area contributed by atoms with Crippen molar-refractivity contribution in [3.63, 3.8) is 0 Å². The van der Waals surface area contributed by atoms with E-state index in [9.17, 15) is 9.59 Å². The minimum absolute atomic E-state index is 0.00944. The highest BCUT2D eigenvalue weighted by atomic mass is 16.6. The van der Waals surface area contributed by atoms with Crippen LogP contribution in [0.2, 0.25) is 0 Å². The summed E-state index contributed by atoms with van der Waals surface area (Å²) in [7, 11) is 0. The molecule has 0 bridgehead atoms. The van der Waals surface area contributed by atoms with Gasteiger partial charge in [0, 0.05) is 25.4 Å². The molecule has 1 spiro atoms. The lowest BCUT2D eigenvalue weighted by Gasteiger charge is -2.48. The molecule has 0 aromatic rings. The standard InChI is InChI=1S/C16H27NO3/c1-12-13(18)7-5-8-16(12)9-6-10-17(11-16)14(19)20-15(2,3)4/h12H,5-11H2,1-4H3. The van der Waals surface area contributed by atoms with Gasteiger partial charge < -0.3 is 9.64 Å². The molecule has 0 N–H and O–H groups in total. The van der Waals surface area contributed by atoms with Crippen molar-refractivity contribution in [2.75, 3.05) is 13.1 Å². The largest absolute Gasteiger partial charge is 0.444 e. The average Bonchev–Trinajstić information content (AvgIpc) is 2.34. The molecule has 2 atom stereocenters. The zero-order valence-electron chi connectivity index (χ0n) is 13.2. The SMILES string of the molecule is CC1C(=O)CCCC12CCCN(C(=O)OC(C)(C)C)C2. The van der Waals surface area contributed by atoms with Crippen molar-refractivity contribution in [1.82, 2.24) is 4.90 Å². The predicted octanol–water partition coefficient (Wildman–Crippen LogP) is 3.39. The summed E-state index contributed by atoms with van der Waals surface area (Å²) < 4.78 is 5.48. The molecule has 1 amide bonds. The molecule has 2 rings (SSSR count). The fourth-order valence-electron chi connectivity index (χ4n) is 3.59. The van der Waals surface area contributed by atoms with E-state index in [1.54, 1.807) is 0 Å². The van der Waals surface area contributed by atoms with Gasteiger partial charge in [0.2, 0.25) is 0 Å². The molecule has 4 nitrogen and oxygen atoms in total. The molecule has 0 radical (unpaired) electrons. The number of amides is 1. The van der Waals surface area contributed by atoms with Gasteiger partial charge in [-0.15, -0.1) is 0 Å². The van der Waals surface area contributed by atoms with Crippen LogP contribution in [0.4, 0.5) is 4.79 Å². The molecular formula is C16H27NO3. The first-order valence-corrected chi connectivity index (χ1v) is 7.74. The Hall–Kier alpha value is -1.06. The average molecular weight is 281 g/mol. The zero-order chi connectivity index (χ0) is 15.0. The summed E-state index contributed by atoms with van der Waals surface area (Å²) in [5.41, 5.74) is -0.472. The predicted molar refractivity (Wildman–Crippen MR) is 77.5 cm³/mol. The number of hydrogen-bond donors (Lipinski definition) is 0. The molecule has 1 saturated heterocycles. The van der Waals surface area contributed by atoms with Crippen LogP contribution < -0.4 is 0 Å². The highest BCUT2D eigenvalue weighted by molar-refractivity contribution is 5.82. The van der Waals surface area contributed by atoms with Crippen LogP contribution in [0.5, 0.6) is 0 Å². The number of hydrogen-bond acceptors (Lipinski definition) is 3. The van der Waals surface area contributed by atoms with E-state index in [1.165, 1.54) is 0 Å². The van der Waals surface area contributed by atoms with Crippen molar-refractivity contribution in [3.8, 4) is 0 Å². The lowest BCUT2D eigenvalue weighted by Crippen LogP contribution is -2.52. The third-order valence-electron chi connectivity index (χ3n) is 4.76. The fraction of sp³-hybridized carbons (Fsp3) is 0.875. The van der Waals surface area contributed by atoms with Gasteiger partial charge in [-0.05, 0) is 51.9 Å². The molecule has 2 aliphatic rings. The molecule has 1 aliphatic carbocycles. The Morgan fingerprint density at radius 1 is 1.30 bits per heavy atom. The maximum Gasteiger partial charge on any atom is 0.410 e. The van der Waals surface area contributed by atoms with Crippen LogP contribution in [-0.4, -0.2) is 35.5 Å². The molecule has 20 heavy (non-hydrogen) atoms. The third kappa shape index (κ3) is 3.15. The van der Waals surface area contributed by atoms with Gasteiger partial charge in [-0.2, -0.15) is 0 Å². The van der Waals surface area contributed by atoms with Crippen molar-refractivity contribution < 1.29 is 14.3 Å². The van der Waals surface area contributed by atoms with E-state index in [0.717, 1.165) is 32.2 Å². The molecule has 0 aromatic carbocycles. The third-order valence-corrected chi connectivity index (χ3v) is 4.76. The molecule has 2 fully saturated rings. The smallest absolute Gasteiger partial charge is 0.410 e. The van der Waals surface area contributed by atoms with Crippen LogP contribution >= 0.6 is 0 Å². The second-order valence-corrected chi connectivity index (χ2v) is 7.41. The number of ether oxygens (including phenoxy) is 1. The zero-order valence-corrected chi connectivity index (χ0v) is 13.2. The summed E-state index contributed by atoms with van der Waals surface area (Å²) in [5.74, 6) is 0.434. The van der Waals surface area contributed by atoms with Gasteiger partial charge in [0.1, 0.15) is 11.4 Å². The number of Topliss-reactive ketones (excluding diaryl/α,β-unsaturated/α-hetero) is 1. The lowest BCUT2D eigenvalue weighted by molar-refractivity contribution is -0.132. The van der Waals surface area contributed by atoms with Crippen molar-refractivity contribution in [2.24, 2.45) is 11.3 Å². The van der Waals surface area contributed by atoms with Crippen molar-refractivity contribution in [3.05, 3.63) is 0 Å². The monoisotopic (exact) mass is 281 g/mol. The van der Waals surface area contributed by atoms with E-state index >= 15 is 0 Å². The van der Waals surface area contributed by atoms with E-state index in [4.69, 9.17) is 4.74 Å². The van der Waals surface area contributed by atoms with Crippen molar-refractivity contribution in [1.29, 1.82) is 0 Å². The van der Waals surface area contributed by atoms with Gasteiger partial charge in [-0.25, -0.2) is 4.79 Å². The van der Waals surface area contributed by atoms with Gasteiger partial charge in [0.05, 0.1) is 0 Å². The Morgan fingerprint density at radius 2 is 1.95 bits per heavy atom. The fourth-order valence-corrected chi connectivity index (χ4v) is 3.59. The minimum atomic E-state index is -0.463. The molecular weight excluding hydrogens is 254 g/mol. The molecule has 2 unspecified atom stereocenters. The van der Waals surface area contributed by atoms with Crippen molar-refractivity contribution in [2.45, 2.75) is 65.4 Å². The van der Waals surface area contributed by atoms with Crippen LogP contribution in [0.1, 0.15) is 59.8 Å². The van der Waals surface area contributed by atoms with Crippen LogP contribution in [0.25, 0.3) is 0 Å². The van der Waals surface area contributed by atoms with Gasteiger partial charge in [-0.1, -0.05) is 6.92 Å². The van der Waals surface area contributed by atoms with Crippen molar-refractivity contribution >= 4 is 11.9 Å².